The van der Waals surface area contributed by atoms with E-state index in [0.29, 0.717) is 29.0 Å². The van der Waals surface area contributed by atoms with Crippen LogP contribution in [-0.2, 0) is 23.5 Å². The van der Waals surface area contributed by atoms with E-state index in [1.54, 1.807) is 23.9 Å². The third-order valence-corrected chi connectivity index (χ3v) is 8.87. The van der Waals surface area contributed by atoms with Gasteiger partial charge in [-0.25, -0.2) is 13.5 Å². The van der Waals surface area contributed by atoms with Crippen molar-refractivity contribution in [1.82, 2.24) is 14.8 Å². The van der Waals surface area contributed by atoms with Crippen molar-refractivity contribution in [1.29, 1.82) is 0 Å². The van der Waals surface area contributed by atoms with E-state index in [4.69, 9.17) is 4.74 Å². The number of ether oxygens (including phenoxy) is 1. The summed E-state index contributed by atoms with van der Waals surface area (Å²) in [7, 11) is -1.16. The van der Waals surface area contributed by atoms with E-state index in [0.717, 1.165) is 16.5 Å². The zero-order valence-corrected chi connectivity index (χ0v) is 20.6. The van der Waals surface area contributed by atoms with Gasteiger partial charge in [0.25, 0.3) is 11.5 Å². The second kappa shape index (κ2) is 8.16. The zero-order valence-electron chi connectivity index (χ0n) is 18.8. The molecule has 174 valence electrons. The van der Waals surface area contributed by atoms with Crippen molar-refractivity contribution in [3.63, 3.8) is 0 Å². The number of halogens is 2. The number of fused-ring (bicyclic) bond motifs is 3. The number of aliphatic hydroxyl groups is 1. The van der Waals surface area contributed by atoms with Gasteiger partial charge < -0.3 is 14.8 Å². The number of thiophene rings is 1. The number of aromatic amines is 1. The molecule has 0 amide bonds. The Labute approximate surface area is 190 Å². The molecule has 0 saturated carbocycles. The fourth-order valence-corrected chi connectivity index (χ4v) is 5.94. The average Bonchev–Trinajstić information content (AvgIpc) is 3.33. The molecule has 1 atom stereocenters. The smallest absolute Gasteiger partial charge is 0.266 e. The van der Waals surface area contributed by atoms with Crippen LogP contribution in [0.15, 0.2) is 23.3 Å². The van der Waals surface area contributed by atoms with Crippen LogP contribution in [0.5, 0.6) is 0 Å². The minimum absolute atomic E-state index is 0.0957. The first-order chi connectivity index (χ1) is 14.9. The van der Waals surface area contributed by atoms with Crippen LogP contribution in [0.25, 0.3) is 20.5 Å². The summed E-state index contributed by atoms with van der Waals surface area (Å²) in [5, 5.41) is 15.7. The van der Waals surface area contributed by atoms with E-state index in [9.17, 15) is 18.7 Å². The number of aromatic nitrogens is 3. The monoisotopic (exact) mass is 481 g/mol. The van der Waals surface area contributed by atoms with Crippen molar-refractivity contribution in [2.45, 2.75) is 70.1 Å². The maximum absolute atomic E-state index is 14.5. The highest BCUT2D eigenvalue weighted by atomic mass is 32.1. The topological polar surface area (TPSA) is 80.1 Å². The summed E-state index contributed by atoms with van der Waals surface area (Å²) in [5.74, 6) is -3.04. The number of nitrogens with one attached hydrogen (secondary N) is 1. The molecule has 0 bridgehead atoms. The molecule has 3 aromatic rings. The molecule has 0 saturated heterocycles. The lowest BCUT2D eigenvalue weighted by molar-refractivity contribution is -0.107. The largest absolute Gasteiger partial charge is 0.383 e. The van der Waals surface area contributed by atoms with Crippen LogP contribution in [0.3, 0.4) is 0 Å². The van der Waals surface area contributed by atoms with Gasteiger partial charge in [-0.05, 0) is 24.1 Å². The quantitative estimate of drug-likeness (QED) is 0.370. The first-order valence-electron chi connectivity index (χ1n) is 10.8. The molecule has 1 aliphatic rings. The van der Waals surface area contributed by atoms with Crippen LogP contribution in [0.2, 0.25) is 25.7 Å². The maximum Gasteiger partial charge on any atom is 0.266 e. The highest BCUT2D eigenvalue weighted by Crippen LogP contribution is 2.46. The van der Waals surface area contributed by atoms with Crippen LogP contribution < -0.4 is 5.56 Å². The zero-order chi connectivity index (χ0) is 23.3. The van der Waals surface area contributed by atoms with Crippen LogP contribution in [-0.4, -0.2) is 40.5 Å². The second-order valence-electron chi connectivity index (χ2n) is 9.87. The number of H-pyrrole nitrogens is 1. The summed E-state index contributed by atoms with van der Waals surface area (Å²) in [6.07, 6.45) is 2.42. The molecule has 3 heterocycles. The third-order valence-electron chi connectivity index (χ3n) is 5.98. The number of alkyl halides is 2. The number of pyridine rings is 1. The molecule has 0 aromatic carbocycles. The molecule has 0 radical (unpaired) electrons. The number of hydrogen-bond acceptors (Lipinski definition) is 5. The summed E-state index contributed by atoms with van der Waals surface area (Å²) in [4.78, 5) is 16.2. The first-order valence-corrected chi connectivity index (χ1v) is 15.3. The predicted octanol–water partition coefficient (Wildman–Crippen LogP) is 4.94. The molecule has 4 rings (SSSR count). The van der Waals surface area contributed by atoms with E-state index in [1.165, 1.54) is 11.3 Å². The molecule has 0 spiro atoms. The standard InChI is InChI=1S/C22H29F2N3O3SSi/c1-5-21(29)12-22(23,24)9-16-15-8-17(31-18(15)20(28)26-19(16)21)14-10-25-27(11-14)13-30-6-7-32(2,3)4/h8,10-11,29H,5-7,9,12-13H2,1-4H3,(H,26,28). The van der Waals surface area contributed by atoms with Gasteiger partial charge in [0.1, 0.15) is 17.0 Å². The molecule has 32 heavy (non-hydrogen) atoms. The van der Waals surface area contributed by atoms with Gasteiger partial charge in [-0.2, -0.15) is 5.10 Å². The summed E-state index contributed by atoms with van der Waals surface area (Å²) in [6, 6.07) is 2.83. The minimum atomic E-state index is -3.04. The van der Waals surface area contributed by atoms with Crippen molar-refractivity contribution >= 4 is 29.5 Å². The van der Waals surface area contributed by atoms with Gasteiger partial charge in [0.15, 0.2) is 0 Å². The Morgan fingerprint density at radius 2 is 2.12 bits per heavy atom. The van der Waals surface area contributed by atoms with Crippen LogP contribution >= 0.6 is 11.3 Å². The lowest BCUT2D eigenvalue weighted by Gasteiger charge is -2.37. The van der Waals surface area contributed by atoms with E-state index in [2.05, 4.69) is 29.7 Å². The Hall–Kier alpha value is -1.88. The normalized spacial score (nSPS) is 20.6. The van der Waals surface area contributed by atoms with Crippen LogP contribution in [0, 0.1) is 0 Å². The fraction of sp³-hybridized carbons (Fsp3) is 0.545. The first kappa shape index (κ1) is 23.3. The van der Waals surface area contributed by atoms with Crippen molar-refractivity contribution in [2.24, 2.45) is 0 Å². The molecule has 0 aliphatic heterocycles. The van der Waals surface area contributed by atoms with E-state index >= 15 is 0 Å². The fourth-order valence-electron chi connectivity index (χ4n) is 4.12. The predicted molar refractivity (Wildman–Crippen MR) is 125 cm³/mol. The molecule has 3 aromatic heterocycles. The van der Waals surface area contributed by atoms with Gasteiger partial charge in [-0.15, -0.1) is 11.3 Å². The highest BCUT2D eigenvalue weighted by molar-refractivity contribution is 7.22. The van der Waals surface area contributed by atoms with Crippen molar-refractivity contribution in [3.05, 3.63) is 40.1 Å². The number of hydrogen-bond donors (Lipinski definition) is 2. The van der Waals surface area contributed by atoms with Gasteiger partial charge in [-0.1, -0.05) is 26.6 Å². The number of nitrogens with zero attached hydrogens (tertiary/aromatic N) is 2. The molecule has 6 nitrogen and oxygen atoms in total. The average molecular weight is 482 g/mol. The van der Waals surface area contributed by atoms with Gasteiger partial charge in [0.2, 0.25) is 0 Å². The molecule has 0 fully saturated rings. The van der Waals surface area contributed by atoms with E-state index < -0.39 is 32.4 Å². The Balaban J connectivity index is 1.65. The van der Waals surface area contributed by atoms with Crippen molar-refractivity contribution in [3.8, 4) is 10.4 Å². The second-order valence-corrected chi connectivity index (χ2v) is 16.5. The minimum Gasteiger partial charge on any atom is -0.383 e. The molecule has 2 N–H and O–H groups in total. The Morgan fingerprint density at radius 3 is 2.81 bits per heavy atom. The molecule has 10 heteroatoms. The van der Waals surface area contributed by atoms with Crippen LogP contribution in [0.1, 0.15) is 31.0 Å². The van der Waals surface area contributed by atoms with Gasteiger partial charge in [0.05, 0.1) is 11.9 Å². The van der Waals surface area contributed by atoms with Crippen molar-refractivity contribution in [2.75, 3.05) is 6.61 Å². The number of rotatable bonds is 7. The Bertz CT molecular complexity index is 1200. The lowest BCUT2D eigenvalue weighted by Crippen LogP contribution is -2.42. The molecule has 1 unspecified atom stereocenters. The van der Waals surface area contributed by atoms with E-state index in [1.807, 2.05) is 6.20 Å². The molecular weight excluding hydrogens is 452 g/mol. The third kappa shape index (κ3) is 4.59. The van der Waals surface area contributed by atoms with Crippen LogP contribution in [0.4, 0.5) is 8.78 Å². The summed E-state index contributed by atoms with van der Waals surface area (Å²) < 4.78 is 36.7. The van der Waals surface area contributed by atoms with E-state index in [-0.39, 0.29) is 17.7 Å². The highest BCUT2D eigenvalue weighted by Gasteiger charge is 2.48. The summed E-state index contributed by atoms with van der Waals surface area (Å²) in [5.41, 5.74) is -0.773. The summed E-state index contributed by atoms with van der Waals surface area (Å²) >= 11 is 1.24. The Morgan fingerprint density at radius 1 is 1.38 bits per heavy atom. The molecular formula is C22H29F2N3O3SSi. The summed E-state index contributed by atoms with van der Waals surface area (Å²) in [6.45, 7) is 9.54. The van der Waals surface area contributed by atoms with Gasteiger partial charge in [0, 0.05) is 49.5 Å². The molecule has 1 aliphatic carbocycles. The Kier molecular flexibility index (Phi) is 5.94. The van der Waals surface area contributed by atoms with Crippen molar-refractivity contribution < 1.29 is 18.6 Å². The SMILES string of the molecule is CCC1(O)CC(F)(F)Cc2c1[nH]c(=O)c1sc(-c3cnn(COCC[Si](C)(C)C)c3)cc21. The van der Waals surface area contributed by atoms with Gasteiger partial charge in [-0.3, -0.25) is 4.79 Å². The maximum atomic E-state index is 14.5. The van der Waals surface area contributed by atoms with Gasteiger partial charge >= 0.3 is 0 Å². The lowest BCUT2D eigenvalue weighted by atomic mass is 9.78.